The van der Waals surface area contributed by atoms with Gasteiger partial charge in [0, 0.05) is 12.8 Å². The predicted molar refractivity (Wildman–Crippen MR) is 82.9 cm³/mol. The van der Waals surface area contributed by atoms with E-state index in [1.165, 1.54) is 0 Å². The average Bonchev–Trinajstić information content (AvgIpc) is 2.57. The van der Waals surface area contributed by atoms with Crippen LogP contribution in [-0.2, 0) is 20.6 Å². The molecule has 1 amide bonds. The van der Waals surface area contributed by atoms with E-state index in [9.17, 15) is 37.8 Å². The quantitative estimate of drug-likeness (QED) is 0.733. The summed E-state index contributed by atoms with van der Waals surface area (Å²) in [5.41, 5.74) is -1.03. The minimum absolute atomic E-state index is 0.0214. The summed E-state index contributed by atoms with van der Waals surface area (Å²) in [6, 6.07) is 2.00. The minimum Gasteiger partial charge on any atom is -0.480 e. The zero-order valence-electron chi connectivity index (χ0n) is 13.6. The maximum atomic E-state index is 12.5. The van der Waals surface area contributed by atoms with Crippen LogP contribution in [0.15, 0.2) is 24.3 Å². The van der Waals surface area contributed by atoms with Crippen LogP contribution in [0.2, 0.25) is 0 Å². The lowest BCUT2D eigenvalue weighted by Gasteiger charge is -2.28. The van der Waals surface area contributed by atoms with Gasteiger partial charge in [0.15, 0.2) is 6.10 Å². The predicted octanol–water partition coefficient (Wildman–Crippen LogP) is 2.07. The maximum Gasteiger partial charge on any atom is 0.416 e. The molecule has 9 heteroatoms. The molecule has 1 fully saturated rings. The van der Waals surface area contributed by atoms with E-state index in [0.29, 0.717) is 19.3 Å². The van der Waals surface area contributed by atoms with Gasteiger partial charge in [0.2, 0.25) is 0 Å². The number of aliphatic hydroxyl groups excluding tert-OH is 1. The number of hydrogen-bond donors (Lipinski definition) is 3. The summed E-state index contributed by atoms with van der Waals surface area (Å²) in [6.45, 7) is 0. The minimum atomic E-state index is -4.55. The second-order valence-corrected chi connectivity index (χ2v) is 6.24. The highest BCUT2D eigenvalue weighted by molar-refractivity contribution is 5.88. The number of carboxylic acid groups (broad SMARTS) is 1. The van der Waals surface area contributed by atoms with Gasteiger partial charge in [0.1, 0.15) is 11.8 Å². The van der Waals surface area contributed by atoms with Crippen LogP contribution in [0.1, 0.15) is 42.9 Å². The van der Waals surface area contributed by atoms with Crippen molar-refractivity contribution in [2.45, 2.75) is 44.0 Å². The lowest BCUT2D eigenvalue weighted by atomic mass is 9.83. The number of alkyl halides is 3. The molecule has 0 spiro atoms. The Hall–Kier alpha value is -2.42. The molecule has 2 rings (SSSR count). The fourth-order valence-corrected chi connectivity index (χ4v) is 2.96. The number of benzene rings is 1. The van der Waals surface area contributed by atoms with Gasteiger partial charge in [0.25, 0.3) is 5.91 Å². The number of hydrogen-bond acceptors (Lipinski definition) is 4. The second kappa shape index (κ2) is 7.86. The fraction of sp³-hybridized carbons (Fsp3) is 0.471. The van der Waals surface area contributed by atoms with Crippen molar-refractivity contribution in [3.05, 3.63) is 35.4 Å². The summed E-state index contributed by atoms with van der Waals surface area (Å²) in [7, 11) is 0. The highest BCUT2D eigenvalue weighted by atomic mass is 19.4. The third-order valence-corrected chi connectivity index (χ3v) is 4.36. The third kappa shape index (κ3) is 4.81. The van der Waals surface area contributed by atoms with E-state index in [1.54, 1.807) is 0 Å². The molecular weight excluding hydrogens is 355 g/mol. The molecule has 1 aromatic rings. The van der Waals surface area contributed by atoms with Gasteiger partial charge in [-0.3, -0.25) is 9.59 Å². The number of Topliss-reactive ketones (excluding diaryl/α,β-unsaturated/α-hetero) is 1. The van der Waals surface area contributed by atoms with Gasteiger partial charge in [-0.05, 0) is 36.5 Å². The highest BCUT2D eigenvalue weighted by Gasteiger charge is 2.35. The van der Waals surface area contributed by atoms with Gasteiger partial charge in [-0.25, -0.2) is 4.79 Å². The van der Waals surface area contributed by atoms with Crippen LogP contribution in [0, 0.1) is 5.92 Å². The van der Waals surface area contributed by atoms with Crippen LogP contribution in [0.5, 0.6) is 0 Å². The van der Waals surface area contributed by atoms with E-state index in [1.807, 2.05) is 0 Å². The van der Waals surface area contributed by atoms with Gasteiger partial charge in [0.05, 0.1) is 5.56 Å². The number of ketones is 1. The van der Waals surface area contributed by atoms with Gasteiger partial charge >= 0.3 is 12.1 Å². The number of halogens is 3. The summed E-state index contributed by atoms with van der Waals surface area (Å²) in [5, 5.41) is 21.5. The number of carbonyl (C=O) groups excluding carboxylic acids is 2. The molecular formula is C17H18F3NO5. The molecule has 1 aromatic carbocycles. The number of aliphatic hydroxyl groups is 1. The zero-order chi connectivity index (χ0) is 19.5. The molecule has 3 N–H and O–H groups in total. The number of carboxylic acids is 1. The summed E-state index contributed by atoms with van der Waals surface area (Å²) >= 11 is 0. The van der Waals surface area contributed by atoms with E-state index < -0.39 is 41.7 Å². The molecule has 0 bridgehead atoms. The first-order valence-electron chi connectivity index (χ1n) is 7.99. The number of nitrogens with one attached hydrogen (secondary N) is 1. The first-order valence-corrected chi connectivity index (χ1v) is 7.99. The summed E-state index contributed by atoms with van der Waals surface area (Å²) in [4.78, 5) is 35.1. The second-order valence-electron chi connectivity index (χ2n) is 6.24. The Labute approximate surface area is 147 Å². The van der Waals surface area contributed by atoms with E-state index in [-0.39, 0.29) is 17.8 Å². The molecule has 1 aliphatic carbocycles. The van der Waals surface area contributed by atoms with Crippen molar-refractivity contribution in [2.75, 3.05) is 0 Å². The molecule has 0 aliphatic heterocycles. The normalized spacial score (nSPS) is 20.3. The van der Waals surface area contributed by atoms with Crippen molar-refractivity contribution in [3.63, 3.8) is 0 Å². The topological polar surface area (TPSA) is 104 Å². The largest absolute Gasteiger partial charge is 0.480 e. The summed E-state index contributed by atoms with van der Waals surface area (Å²) in [6.07, 6.45) is -5.02. The van der Waals surface area contributed by atoms with Crippen LogP contribution in [0.25, 0.3) is 0 Å². The van der Waals surface area contributed by atoms with Gasteiger partial charge in [-0.15, -0.1) is 0 Å². The summed E-state index contributed by atoms with van der Waals surface area (Å²) in [5.74, 6) is -3.06. The Morgan fingerprint density at radius 3 is 2.31 bits per heavy atom. The molecule has 0 radical (unpaired) electrons. The highest BCUT2D eigenvalue weighted by Crippen LogP contribution is 2.30. The van der Waals surface area contributed by atoms with Gasteiger partial charge in [-0.1, -0.05) is 12.1 Å². The summed E-state index contributed by atoms with van der Waals surface area (Å²) < 4.78 is 37.6. The fourth-order valence-electron chi connectivity index (χ4n) is 2.96. The van der Waals surface area contributed by atoms with Crippen molar-refractivity contribution in [2.24, 2.45) is 5.92 Å². The van der Waals surface area contributed by atoms with E-state index in [0.717, 1.165) is 24.3 Å². The molecule has 6 nitrogen and oxygen atoms in total. The van der Waals surface area contributed by atoms with Crippen molar-refractivity contribution in [1.29, 1.82) is 0 Å². The third-order valence-electron chi connectivity index (χ3n) is 4.36. The maximum absolute atomic E-state index is 12.5. The van der Waals surface area contributed by atoms with Crippen LogP contribution in [-0.4, -0.2) is 33.9 Å². The SMILES string of the molecule is O=C1CCC[C@@H]([C@@H](NC(=O)[C@@H](O)c2ccc(C(F)(F)F)cc2)C(=O)O)C1. The number of aliphatic carboxylic acids is 1. The first kappa shape index (κ1) is 19.9. The standard InChI is InChI=1S/C17H18F3NO5/c18-17(19,20)11-6-4-9(5-7-11)14(23)15(24)21-13(16(25)26)10-2-1-3-12(22)8-10/h4-7,10,13-14,23H,1-3,8H2,(H,21,24)(H,25,26)/t10-,13-,14+/m1/s1. The Morgan fingerprint density at radius 2 is 1.81 bits per heavy atom. The molecule has 142 valence electrons. The molecule has 0 saturated heterocycles. The Balaban J connectivity index is 2.08. The van der Waals surface area contributed by atoms with E-state index in [2.05, 4.69) is 5.32 Å². The Kier molecular flexibility index (Phi) is 6.01. The Morgan fingerprint density at radius 1 is 1.19 bits per heavy atom. The van der Waals surface area contributed by atoms with Crippen molar-refractivity contribution in [3.8, 4) is 0 Å². The van der Waals surface area contributed by atoms with Crippen LogP contribution >= 0.6 is 0 Å². The van der Waals surface area contributed by atoms with Crippen molar-refractivity contribution < 1.29 is 37.8 Å². The molecule has 1 saturated carbocycles. The molecule has 1 aliphatic rings. The van der Waals surface area contributed by atoms with Crippen LogP contribution in [0.3, 0.4) is 0 Å². The molecule has 0 heterocycles. The van der Waals surface area contributed by atoms with Gasteiger partial charge in [-0.2, -0.15) is 13.2 Å². The molecule has 0 unspecified atom stereocenters. The number of rotatable bonds is 5. The van der Waals surface area contributed by atoms with Crippen LogP contribution in [0.4, 0.5) is 13.2 Å². The lowest BCUT2D eigenvalue weighted by Crippen LogP contribution is -2.48. The van der Waals surface area contributed by atoms with Gasteiger partial charge < -0.3 is 15.5 Å². The lowest BCUT2D eigenvalue weighted by molar-refractivity contribution is -0.146. The number of carbonyl (C=O) groups is 3. The first-order chi connectivity index (χ1) is 12.1. The van der Waals surface area contributed by atoms with E-state index >= 15 is 0 Å². The molecule has 0 aromatic heterocycles. The molecule has 26 heavy (non-hydrogen) atoms. The molecule has 3 atom stereocenters. The van der Waals surface area contributed by atoms with Crippen molar-refractivity contribution >= 4 is 17.7 Å². The number of amides is 1. The van der Waals surface area contributed by atoms with E-state index in [4.69, 9.17) is 0 Å². The Bertz CT molecular complexity index is 687. The smallest absolute Gasteiger partial charge is 0.416 e. The monoisotopic (exact) mass is 373 g/mol. The average molecular weight is 373 g/mol. The van der Waals surface area contributed by atoms with Crippen molar-refractivity contribution in [1.82, 2.24) is 5.32 Å². The van der Waals surface area contributed by atoms with Crippen LogP contribution < -0.4 is 5.32 Å². The zero-order valence-corrected chi connectivity index (χ0v) is 13.6.